The molecule has 0 aliphatic carbocycles. The molecule has 2 aliphatic heterocycles. The summed E-state index contributed by atoms with van der Waals surface area (Å²) in [4.78, 5) is 2.51. The van der Waals surface area contributed by atoms with Crippen molar-refractivity contribution >= 4 is 10.0 Å². The molecule has 2 saturated heterocycles. The van der Waals surface area contributed by atoms with E-state index in [4.69, 9.17) is 4.74 Å². The van der Waals surface area contributed by atoms with Gasteiger partial charge in [0.15, 0.2) is 0 Å². The van der Waals surface area contributed by atoms with E-state index in [0.717, 1.165) is 19.4 Å². The summed E-state index contributed by atoms with van der Waals surface area (Å²) in [6.45, 7) is 4.41. The first-order valence-corrected chi connectivity index (χ1v) is 10.4. The Balaban J connectivity index is 1.81. The number of aliphatic hydroxyl groups is 1. The second kappa shape index (κ2) is 7.23. The van der Waals surface area contributed by atoms with Crippen molar-refractivity contribution in [3.63, 3.8) is 0 Å². The van der Waals surface area contributed by atoms with Crippen molar-refractivity contribution < 1.29 is 18.3 Å². The van der Waals surface area contributed by atoms with Crippen molar-refractivity contribution in [2.45, 2.75) is 37.1 Å². The van der Waals surface area contributed by atoms with E-state index >= 15 is 0 Å². The summed E-state index contributed by atoms with van der Waals surface area (Å²) in [5.74, 6) is 0.673. The Bertz CT molecular complexity index is 692. The summed E-state index contributed by atoms with van der Waals surface area (Å²) in [5, 5.41) is 9.97. The molecule has 1 aromatic carbocycles. The molecule has 0 saturated carbocycles. The summed E-state index contributed by atoms with van der Waals surface area (Å²) in [6, 6.07) is 6.69. The van der Waals surface area contributed by atoms with Gasteiger partial charge in [-0.1, -0.05) is 0 Å². The second-order valence-corrected chi connectivity index (χ2v) is 9.08. The Kier molecular flexibility index (Phi) is 5.39. The normalized spacial score (nSPS) is 28.5. The highest BCUT2D eigenvalue weighted by Gasteiger charge is 2.48. The third-order valence-electron chi connectivity index (χ3n) is 5.75. The van der Waals surface area contributed by atoms with E-state index in [1.54, 1.807) is 28.6 Å². The van der Waals surface area contributed by atoms with Crippen LogP contribution in [0.2, 0.25) is 0 Å². The lowest BCUT2D eigenvalue weighted by atomic mass is 9.69. The van der Waals surface area contributed by atoms with Gasteiger partial charge < -0.3 is 14.7 Å². The van der Waals surface area contributed by atoms with Gasteiger partial charge in [-0.3, -0.25) is 0 Å². The van der Waals surface area contributed by atoms with Crippen molar-refractivity contribution in [3.05, 3.63) is 24.3 Å². The zero-order valence-corrected chi connectivity index (χ0v) is 15.8. The molecule has 25 heavy (non-hydrogen) atoms. The quantitative estimate of drug-likeness (QED) is 0.854. The number of likely N-dealkylation sites (N-methyl/N-ethyl adjacent to an activating group) is 1. The number of rotatable bonds is 5. The molecule has 0 radical (unpaired) electrons. The maximum Gasteiger partial charge on any atom is 0.243 e. The molecule has 1 N–H and O–H groups in total. The van der Waals surface area contributed by atoms with Crippen LogP contribution in [0.5, 0.6) is 5.75 Å². The number of aliphatic hydroxyl groups excluding tert-OH is 1. The zero-order chi connectivity index (χ0) is 18.1. The van der Waals surface area contributed by atoms with Gasteiger partial charge in [-0.25, -0.2) is 8.42 Å². The van der Waals surface area contributed by atoms with Crippen LogP contribution < -0.4 is 4.74 Å². The summed E-state index contributed by atoms with van der Waals surface area (Å²) < 4.78 is 33.0. The molecule has 2 atom stereocenters. The van der Waals surface area contributed by atoms with E-state index in [1.165, 1.54) is 0 Å². The maximum absolute atomic E-state index is 13.0. The molecule has 0 aromatic heterocycles. The van der Waals surface area contributed by atoms with E-state index in [0.29, 0.717) is 36.8 Å². The van der Waals surface area contributed by atoms with Crippen LogP contribution in [0.4, 0.5) is 0 Å². The van der Waals surface area contributed by atoms with E-state index < -0.39 is 10.0 Å². The fourth-order valence-electron chi connectivity index (χ4n) is 4.23. The molecule has 3 rings (SSSR count). The number of fused-ring (bicyclic) bond motifs is 1. The van der Waals surface area contributed by atoms with Gasteiger partial charge in [0.25, 0.3) is 0 Å². The number of sulfonamides is 1. The SMILES string of the molecule is CCOc1ccc(S(=O)(=O)N2CC[C@@]3(CO)CCCN(C)[C@@H]3C2)cc1. The van der Waals surface area contributed by atoms with Crippen LogP contribution >= 0.6 is 0 Å². The first kappa shape index (κ1) is 18.6. The molecule has 2 fully saturated rings. The van der Waals surface area contributed by atoms with Gasteiger partial charge in [0, 0.05) is 24.5 Å². The largest absolute Gasteiger partial charge is 0.494 e. The lowest BCUT2D eigenvalue weighted by molar-refractivity contribution is -0.0508. The highest BCUT2D eigenvalue weighted by atomic mass is 32.2. The Hall–Kier alpha value is -1.15. The predicted molar refractivity (Wildman–Crippen MR) is 96.2 cm³/mol. The van der Waals surface area contributed by atoms with Gasteiger partial charge >= 0.3 is 0 Å². The molecule has 0 unspecified atom stereocenters. The Morgan fingerprint density at radius 3 is 2.60 bits per heavy atom. The molecule has 0 spiro atoms. The number of likely N-dealkylation sites (tertiary alicyclic amines) is 1. The highest BCUT2D eigenvalue weighted by molar-refractivity contribution is 7.89. The van der Waals surface area contributed by atoms with Gasteiger partial charge in [0.05, 0.1) is 18.1 Å². The molecule has 7 heteroatoms. The van der Waals surface area contributed by atoms with E-state index in [-0.39, 0.29) is 18.1 Å². The third-order valence-corrected chi connectivity index (χ3v) is 7.63. The van der Waals surface area contributed by atoms with Crippen LogP contribution in [0.1, 0.15) is 26.2 Å². The molecule has 6 nitrogen and oxygen atoms in total. The van der Waals surface area contributed by atoms with Gasteiger partial charge in [0.1, 0.15) is 5.75 Å². The van der Waals surface area contributed by atoms with Crippen LogP contribution in [0.15, 0.2) is 29.2 Å². The molecular formula is C18H28N2O4S. The Morgan fingerprint density at radius 2 is 1.96 bits per heavy atom. The van der Waals surface area contributed by atoms with Crippen LogP contribution in [-0.4, -0.2) is 68.7 Å². The summed E-state index contributed by atoms with van der Waals surface area (Å²) in [6.07, 6.45) is 2.73. The Labute approximate surface area is 150 Å². The number of nitrogens with zero attached hydrogens (tertiary/aromatic N) is 2. The van der Waals surface area contributed by atoms with Gasteiger partial charge in [-0.2, -0.15) is 4.31 Å². The second-order valence-electron chi connectivity index (χ2n) is 7.14. The molecule has 0 amide bonds. The Morgan fingerprint density at radius 1 is 1.24 bits per heavy atom. The fourth-order valence-corrected chi connectivity index (χ4v) is 5.68. The number of ether oxygens (including phenoxy) is 1. The average molecular weight is 368 g/mol. The van der Waals surface area contributed by atoms with Crippen molar-refractivity contribution in [2.24, 2.45) is 5.41 Å². The van der Waals surface area contributed by atoms with Crippen molar-refractivity contribution in [3.8, 4) is 5.75 Å². The van der Waals surface area contributed by atoms with Crippen molar-refractivity contribution in [1.29, 1.82) is 0 Å². The van der Waals surface area contributed by atoms with E-state index in [1.807, 2.05) is 14.0 Å². The average Bonchev–Trinajstić information content (AvgIpc) is 2.62. The molecule has 0 bridgehead atoms. The molecule has 2 heterocycles. The standard InChI is InChI=1S/C18H28N2O4S/c1-3-24-15-5-7-16(8-6-15)25(22,23)20-12-10-18(14-21)9-4-11-19(2)17(18)13-20/h5-8,17,21H,3-4,9-14H2,1-2H3/t17-,18-/m1/s1. The van der Waals surface area contributed by atoms with Crippen LogP contribution in [0.25, 0.3) is 0 Å². The number of piperidine rings is 2. The lowest BCUT2D eigenvalue weighted by Gasteiger charge is -2.53. The van der Waals surface area contributed by atoms with Crippen LogP contribution in [0.3, 0.4) is 0 Å². The minimum absolute atomic E-state index is 0.0671. The minimum atomic E-state index is -3.53. The number of hydrogen-bond acceptors (Lipinski definition) is 5. The molecular weight excluding hydrogens is 340 g/mol. The number of benzene rings is 1. The minimum Gasteiger partial charge on any atom is -0.494 e. The van der Waals surface area contributed by atoms with Crippen LogP contribution in [-0.2, 0) is 10.0 Å². The first-order valence-electron chi connectivity index (χ1n) is 8.97. The summed E-state index contributed by atoms with van der Waals surface area (Å²) in [5.41, 5.74) is -0.169. The number of hydrogen-bond donors (Lipinski definition) is 1. The zero-order valence-electron chi connectivity index (χ0n) is 15.0. The summed E-state index contributed by atoms with van der Waals surface area (Å²) >= 11 is 0. The van der Waals surface area contributed by atoms with Gasteiger partial charge in [0.2, 0.25) is 10.0 Å². The molecule has 1 aromatic rings. The monoisotopic (exact) mass is 368 g/mol. The molecule has 140 valence electrons. The molecule has 2 aliphatic rings. The first-order chi connectivity index (χ1) is 11.9. The highest BCUT2D eigenvalue weighted by Crippen LogP contribution is 2.42. The maximum atomic E-state index is 13.0. The van der Waals surface area contributed by atoms with Gasteiger partial charge in [-0.05, 0) is 64.0 Å². The van der Waals surface area contributed by atoms with E-state index in [9.17, 15) is 13.5 Å². The van der Waals surface area contributed by atoms with Crippen LogP contribution in [0, 0.1) is 5.41 Å². The fraction of sp³-hybridized carbons (Fsp3) is 0.667. The lowest BCUT2D eigenvalue weighted by Crippen LogP contribution is -2.62. The van der Waals surface area contributed by atoms with Crippen molar-refractivity contribution in [2.75, 3.05) is 39.9 Å². The van der Waals surface area contributed by atoms with Crippen molar-refractivity contribution in [1.82, 2.24) is 9.21 Å². The smallest absolute Gasteiger partial charge is 0.243 e. The topological polar surface area (TPSA) is 70.1 Å². The third kappa shape index (κ3) is 3.43. The summed E-state index contributed by atoms with van der Waals surface area (Å²) in [7, 11) is -1.50. The predicted octanol–water partition coefficient (Wildman–Crippen LogP) is 1.55. The van der Waals surface area contributed by atoms with E-state index in [2.05, 4.69) is 4.90 Å². The van der Waals surface area contributed by atoms with Gasteiger partial charge in [-0.15, -0.1) is 0 Å².